The first-order valence-electron chi connectivity index (χ1n) is 3.19. The van der Waals surface area contributed by atoms with Crippen molar-refractivity contribution < 1.29 is 30.0 Å². The molecule has 76 valence electrons. The van der Waals surface area contributed by atoms with Crippen LogP contribution in [-0.4, -0.2) is 40.3 Å². The van der Waals surface area contributed by atoms with Gasteiger partial charge in [-0.2, -0.15) is 0 Å². The standard InChI is InChI=1S/C7H10O5.H2O/c1-4(2)6(10)12-7(11)5(9)3-8;/h5,8-9H,1,3H2,2H3;1H2. The van der Waals surface area contributed by atoms with E-state index >= 15 is 0 Å². The second-order valence-electron chi connectivity index (χ2n) is 2.19. The molecule has 0 aromatic rings. The van der Waals surface area contributed by atoms with E-state index in [4.69, 9.17) is 10.2 Å². The Morgan fingerprint density at radius 1 is 1.54 bits per heavy atom. The maximum atomic E-state index is 10.6. The molecule has 6 heteroatoms. The van der Waals surface area contributed by atoms with Gasteiger partial charge in [-0.05, 0) is 6.92 Å². The number of carbonyl (C=O) groups is 2. The van der Waals surface area contributed by atoms with Crippen LogP contribution in [0.3, 0.4) is 0 Å². The van der Waals surface area contributed by atoms with Crippen LogP contribution in [0.25, 0.3) is 0 Å². The molecular formula is C7H12O6. The molecule has 0 saturated heterocycles. The van der Waals surface area contributed by atoms with Gasteiger partial charge in [0.05, 0.1) is 6.61 Å². The smallest absolute Gasteiger partial charge is 0.345 e. The summed E-state index contributed by atoms with van der Waals surface area (Å²) in [5, 5.41) is 16.9. The van der Waals surface area contributed by atoms with Crippen LogP contribution in [-0.2, 0) is 14.3 Å². The normalized spacial score (nSPS) is 11.0. The zero-order chi connectivity index (χ0) is 9.72. The summed E-state index contributed by atoms with van der Waals surface area (Å²) in [7, 11) is 0. The molecular weight excluding hydrogens is 180 g/mol. The Labute approximate surface area is 74.7 Å². The van der Waals surface area contributed by atoms with E-state index in [0.29, 0.717) is 0 Å². The summed E-state index contributed by atoms with van der Waals surface area (Å²) >= 11 is 0. The van der Waals surface area contributed by atoms with Gasteiger partial charge in [0.25, 0.3) is 0 Å². The van der Waals surface area contributed by atoms with Gasteiger partial charge < -0.3 is 20.4 Å². The minimum absolute atomic E-state index is 0. The number of ether oxygens (including phenoxy) is 1. The number of rotatable bonds is 3. The minimum Gasteiger partial charge on any atom is -0.412 e. The Morgan fingerprint density at radius 3 is 2.31 bits per heavy atom. The Kier molecular flexibility index (Phi) is 6.92. The molecule has 0 aliphatic heterocycles. The summed E-state index contributed by atoms with van der Waals surface area (Å²) in [6.45, 7) is 3.81. The van der Waals surface area contributed by atoms with Gasteiger partial charge in [-0.3, -0.25) is 0 Å². The molecule has 0 aromatic heterocycles. The zero-order valence-corrected chi connectivity index (χ0v) is 7.11. The molecule has 0 radical (unpaired) electrons. The van der Waals surface area contributed by atoms with Crippen molar-refractivity contribution in [3.05, 3.63) is 12.2 Å². The highest BCUT2D eigenvalue weighted by molar-refractivity contribution is 5.96. The quantitative estimate of drug-likeness (QED) is 0.309. The average molecular weight is 192 g/mol. The number of carbonyl (C=O) groups excluding carboxylic acids is 2. The van der Waals surface area contributed by atoms with Crippen LogP contribution in [0.2, 0.25) is 0 Å². The maximum absolute atomic E-state index is 10.6. The number of esters is 2. The molecule has 0 aliphatic rings. The molecule has 13 heavy (non-hydrogen) atoms. The van der Waals surface area contributed by atoms with E-state index in [-0.39, 0.29) is 11.0 Å². The van der Waals surface area contributed by atoms with Crippen LogP contribution >= 0.6 is 0 Å². The van der Waals surface area contributed by atoms with Crippen LogP contribution in [0.1, 0.15) is 6.92 Å². The van der Waals surface area contributed by atoms with E-state index < -0.39 is 24.6 Å². The van der Waals surface area contributed by atoms with Crippen LogP contribution in [0, 0.1) is 0 Å². The Bertz CT molecular complexity index is 209. The van der Waals surface area contributed by atoms with Gasteiger partial charge in [-0.1, -0.05) is 6.58 Å². The first kappa shape index (κ1) is 14.3. The molecule has 1 unspecified atom stereocenters. The fraction of sp³-hybridized carbons (Fsp3) is 0.429. The summed E-state index contributed by atoms with van der Waals surface area (Å²) < 4.78 is 4.08. The van der Waals surface area contributed by atoms with Crippen molar-refractivity contribution in [1.29, 1.82) is 0 Å². The molecule has 0 saturated carbocycles. The third kappa shape index (κ3) is 5.07. The van der Waals surface area contributed by atoms with Gasteiger partial charge in [0, 0.05) is 5.57 Å². The second kappa shape index (κ2) is 6.30. The predicted octanol–water partition coefficient (Wildman–Crippen LogP) is -1.84. The summed E-state index contributed by atoms with van der Waals surface area (Å²) in [4.78, 5) is 21.2. The molecule has 0 rings (SSSR count). The van der Waals surface area contributed by atoms with Crippen LogP contribution in [0.4, 0.5) is 0 Å². The molecule has 0 fully saturated rings. The minimum atomic E-state index is -1.67. The monoisotopic (exact) mass is 192 g/mol. The summed E-state index contributed by atoms with van der Waals surface area (Å²) in [5.74, 6) is -2.09. The molecule has 0 aromatic carbocycles. The Morgan fingerprint density at radius 2 is 2.00 bits per heavy atom. The zero-order valence-electron chi connectivity index (χ0n) is 7.11. The lowest BCUT2D eigenvalue weighted by molar-refractivity contribution is -0.164. The molecule has 1 atom stereocenters. The lowest BCUT2D eigenvalue weighted by Crippen LogP contribution is -2.28. The average Bonchev–Trinajstić information content (AvgIpc) is 2.02. The summed E-state index contributed by atoms with van der Waals surface area (Å²) in [5.41, 5.74) is 0.0495. The number of hydrogen-bond donors (Lipinski definition) is 2. The molecule has 4 N–H and O–H groups in total. The molecule has 0 heterocycles. The molecule has 0 aliphatic carbocycles. The molecule has 0 bridgehead atoms. The number of aliphatic hydroxyl groups excluding tert-OH is 2. The van der Waals surface area contributed by atoms with Gasteiger partial charge in [-0.15, -0.1) is 0 Å². The van der Waals surface area contributed by atoms with Gasteiger partial charge in [0.2, 0.25) is 0 Å². The number of hydrogen-bond acceptors (Lipinski definition) is 5. The lowest BCUT2D eigenvalue weighted by atomic mass is 10.3. The fourth-order valence-electron chi connectivity index (χ4n) is 0.321. The maximum Gasteiger partial charge on any atom is 0.345 e. The fourth-order valence-corrected chi connectivity index (χ4v) is 0.321. The highest BCUT2D eigenvalue weighted by Gasteiger charge is 2.19. The first-order valence-corrected chi connectivity index (χ1v) is 3.19. The van der Waals surface area contributed by atoms with Crippen molar-refractivity contribution in [2.75, 3.05) is 6.61 Å². The summed E-state index contributed by atoms with van der Waals surface area (Å²) in [6, 6.07) is 0. The highest BCUT2D eigenvalue weighted by Crippen LogP contribution is 1.95. The van der Waals surface area contributed by atoms with Crippen LogP contribution in [0.5, 0.6) is 0 Å². The van der Waals surface area contributed by atoms with Gasteiger partial charge in [0.15, 0.2) is 6.10 Å². The SMILES string of the molecule is C=C(C)C(=O)OC(=O)C(O)CO.O. The van der Waals surface area contributed by atoms with Crippen molar-refractivity contribution in [2.24, 2.45) is 0 Å². The second-order valence-corrected chi connectivity index (χ2v) is 2.19. The summed E-state index contributed by atoms with van der Waals surface area (Å²) in [6.07, 6.45) is -1.67. The van der Waals surface area contributed by atoms with E-state index in [1.54, 1.807) is 0 Å². The Hall–Kier alpha value is -1.24. The van der Waals surface area contributed by atoms with Gasteiger partial charge >= 0.3 is 11.9 Å². The largest absolute Gasteiger partial charge is 0.412 e. The van der Waals surface area contributed by atoms with Crippen LogP contribution in [0.15, 0.2) is 12.2 Å². The number of aliphatic hydroxyl groups is 2. The first-order chi connectivity index (χ1) is 5.49. The van der Waals surface area contributed by atoms with Gasteiger partial charge in [0.1, 0.15) is 0 Å². The van der Waals surface area contributed by atoms with Crippen molar-refractivity contribution in [1.82, 2.24) is 0 Å². The molecule has 0 amide bonds. The van der Waals surface area contributed by atoms with E-state index in [1.165, 1.54) is 6.92 Å². The molecule has 0 spiro atoms. The van der Waals surface area contributed by atoms with Crippen molar-refractivity contribution >= 4 is 11.9 Å². The predicted molar refractivity (Wildman–Crippen MR) is 42.6 cm³/mol. The highest BCUT2D eigenvalue weighted by atomic mass is 16.6. The van der Waals surface area contributed by atoms with Crippen molar-refractivity contribution in [3.8, 4) is 0 Å². The third-order valence-electron chi connectivity index (χ3n) is 0.987. The van der Waals surface area contributed by atoms with E-state index in [2.05, 4.69) is 11.3 Å². The van der Waals surface area contributed by atoms with E-state index in [1.807, 2.05) is 0 Å². The van der Waals surface area contributed by atoms with E-state index in [0.717, 1.165) is 0 Å². The van der Waals surface area contributed by atoms with Crippen molar-refractivity contribution in [2.45, 2.75) is 13.0 Å². The van der Waals surface area contributed by atoms with E-state index in [9.17, 15) is 9.59 Å². The lowest BCUT2D eigenvalue weighted by Gasteiger charge is -2.05. The Balaban J connectivity index is 0. The van der Waals surface area contributed by atoms with Crippen molar-refractivity contribution in [3.63, 3.8) is 0 Å². The van der Waals surface area contributed by atoms with Gasteiger partial charge in [-0.25, -0.2) is 9.59 Å². The molecule has 6 nitrogen and oxygen atoms in total. The van der Waals surface area contributed by atoms with Crippen LogP contribution < -0.4 is 0 Å². The third-order valence-corrected chi connectivity index (χ3v) is 0.987. The topological polar surface area (TPSA) is 115 Å².